The molecule has 1 fully saturated rings. The second kappa shape index (κ2) is 11.6. The quantitative estimate of drug-likeness (QED) is 0.262. The maximum Gasteiger partial charge on any atom is 0.416 e. The maximum atomic E-state index is 13.6. The van der Waals surface area contributed by atoms with Gasteiger partial charge in [-0.25, -0.2) is 0 Å². The summed E-state index contributed by atoms with van der Waals surface area (Å²) in [7, 11) is 2.47. The van der Waals surface area contributed by atoms with Gasteiger partial charge in [-0.05, 0) is 69.5 Å². The van der Waals surface area contributed by atoms with E-state index < -0.39 is 19.8 Å². The normalized spacial score (nSPS) is 20.9. The molecule has 0 atom stereocenters. The van der Waals surface area contributed by atoms with Gasteiger partial charge in [-0.2, -0.15) is 13.2 Å². The van der Waals surface area contributed by atoms with Crippen molar-refractivity contribution in [2.45, 2.75) is 82.9 Å². The van der Waals surface area contributed by atoms with Gasteiger partial charge >= 0.3 is 6.18 Å². The Morgan fingerprint density at radius 2 is 1.61 bits per heavy atom. The molecule has 1 N–H and O–H groups in total. The number of fused-ring (bicyclic) bond motifs is 1. The summed E-state index contributed by atoms with van der Waals surface area (Å²) in [5.74, 6) is 0.455. The van der Waals surface area contributed by atoms with Gasteiger partial charge in [-0.1, -0.05) is 69.2 Å². The van der Waals surface area contributed by atoms with E-state index in [1.54, 1.807) is 6.07 Å². The van der Waals surface area contributed by atoms with Gasteiger partial charge in [0.15, 0.2) is 0 Å². The highest BCUT2D eigenvalue weighted by Gasteiger charge is 2.39. The Morgan fingerprint density at radius 3 is 2.16 bits per heavy atom. The van der Waals surface area contributed by atoms with Gasteiger partial charge < -0.3 is 9.72 Å². The Balaban J connectivity index is 1.54. The van der Waals surface area contributed by atoms with E-state index in [1.165, 1.54) is 23.0 Å². The predicted octanol–water partition coefficient (Wildman–Crippen LogP) is 8.07. The van der Waals surface area contributed by atoms with Gasteiger partial charge in [0, 0.05) is 33.9 Å². The Bertz CT molecular complexity index is 1180. The summed E-state index contributed by atoms with van der Waals surface area (Å²) in [4.78, 5) is 5.94. The molecule has 3 aromatic rings. The molecule has 1 aliphatic rings. The van der Waals surface area contributed by atoms with E-state index >= 15 is 0 Å². The highest BCUT2D eigenvalue weighted by Crippen LogP contribution is 2.43. The average molecular weight is 545 g/mol. The summed E-state index contributed by atoms with van der Waals surface area (Å²) in [6.45, 7) is 7.68. The molecular weight excluding hydrogens is 501 g/mol. The first-order chi connectivity index (χ1) is 18.1. The van der Waals surface area contributed by atoms with Crippen molar-refractivity contribution in [3.63, 3.8) is 0 Å². The van der Waals surface area contributed by atoms with Crippen LogP contribution in [0.15, 0.2) is 48.5 Å². The van der Waals surface area contributed by atoms with Gasteiger partial charge in [0.2, 0.25) is 0 Å². The average Bonchev–Trinajstić information content (AvgIpc) is 3.28. The van der Waals surface area contributed by atoms with Crippen molar-refractivity contribution < 1.29 is 17.9 Å². The predicted molar refractivity (Wildman–Crippen MR) is 154 cm³/mol. The zero-order valence-corrected chi connectivity index (χ0v) is 24.5. The van der Waals surface area contributed by atoms with Crippen LogP contribution in [0.1, 0.15) is 63.1 Å². The van der Waals surface area contributed by atoms with E-state index in [0.29, 0.717) is 24.5 Å². The van der Waals surface area contributed by atoms with Crippen molar-refractivity contribution in [2.24, 2.45) is 5.92 Å². The lowest BCUT2D eigenvalue weighted by atomic mass is 9.72. The van der Waals surface area contributed by atoms with Crippen molar-refractivity contribution in [1.29, 1.82) is 0 Å². The van der Waals surface area contributed by atoms with Crippen molar-refractivity contribution in [3.8, 4) is 0 Å². The van der Waals surface area contributed by atoms with Crippen LogP contribution in [-0.4, -0.2) is 38.7 Å². The summed E-state index contributed by atoms with van der Waals surface area (Å²) in [6, 6.07) is 18.0. The van der Waals surface area contributed by atoms with Crippen molar-refractivity contribution in [2.75, 3.05) is 20.7 Å². The first-order valence-electron chi connectivity index (χ1n) is 14.1. The molecule has 7 heteroatoms. The first kappa shape index (κ1) is 28.9. The number of H-pyrrole nitrogens is 1. The molecule has 0 bridgehead atoms. The molecule has 208 valence electrons. The van der Waals surface area contributed by atoms with Gasteiger partial charge in [-0.3, -0.25) is 4.90 Å². The number of aromatic nitrogens is 1. The van der Waals surface area contributed by atoms with Crippen LogP contribution >= 0.6 is 0 Å². The molecule has 0 radical (unpaired) electrons. The zero-order chi connectivity index (χ0) is 27.6. The van der Waals surface area contributed by atoms with Gasteiger partial charge in [0.1, 0.15) is 8.07 Å². The fourth-order valence-electron chi connectivity index (χ4n) is 6.70. The third kappa shape index (κ3) is 5.47. The van der Waals surface area contributed by atoms with Crippen LogP contribution in [0.25, 0.3) is 10.9 Å². The second-order valence-electron chi connectivity index (χ2n) is 11.3. The number of benzene rings is 2. The van der Waals surface area contributed by atoms with Crippen LogP contribution < -0.4 is 5.32 Å². The lowest BCUT2D eigenvalue weighted by Crippen LogP contribution is -2.48. The van der Waals surface area contributed by atoms with Crippen LogP contribution in [-0.2, 0) is 23.1 Å². The molecule has 0 saturated heterocycles. The smallest absolute Gasteiger partial charge is 0.376 e. The van der Waals surface area contributed by atoms with Gasteiger partial charge in [0.05, 0.1) is 12.2 Å². The number of halogens is 3. The molecular formula is C31H43F3N2OSi. The molecule has 38 heavy (non-hydrogen) atoms. The minimum absolute atomic E-state index is 0.0460. The number of ether oxygens (including phenoxy) is 1. The molecule has 3 nitrogen and oxygen atoms in total. The van der Waals surface area contributed by atoms with E-state index in [9.17, 15) is 13.2 Å². The summed E-state index contributed by atoms with van der Waals surface area (Å²) in [6.07, 6.45) is -0.0722. The zero-order valence-electron chi connectivity index (χ0n) is 23.5. The van der Waals surface area contributed by atoms with Crippen LogP contribution in [0.3, 0.4) is 0 Å². The van der Waals surface area contributed by atoms with Crippen LogP contribution in [0.5, 0.6) is 0 Å². The summed E-state index contributed by atoms with van der Waals surface area (Å²) >= 11 is 0. The standard InChI is InChI=1S/C31H43F3N2OSi/c1-6-38(7-2,8-3)29-27(26-20-25(31(32,33)34)14-15-28(26)35-29)22-37-21-23-16-18-30(19-17-23,36(4)5)24-12-10-9-11-13-24/h9-15,20,23,35H,6-8,16-19,21-22H2,1-5H3. The molecule has 0 unspecified atom stereocenters. The lowest BCUT2D eigenvalue weighted by molar-refractivity contribution is -0.137. The molecule has 1 aromatic heterocycles. The molecule has 2 aromatic carbocycles. The fraction of sp³-hybridized carbons (Fsp3) is 0.548. The van der Waals surface area contributed by atoms with Crippen molar-refractivity contribution in [3.05, 3.63) is 65.2 Å². The SMILES string of the molecule is CC[Si](CC)(CC)c1[nH]c2ccc(C(F)(F)F)cc2c1COCC1CCC(c2ccccc2)(N(C)C)CC1. The Morgan fingerprint density at radius 1 is 0.974 bits per heavy atom. The molecule has 0 aliphatic heterocycles. The molecule has 1 saturated carbocycles. The maximum absolute atomic E-state index is 13.6. The third-order valence-corrected chi connectivity index (χ3v) is 15.0. The Labute approximate surface area is 226 Å². The highest BCUT2D eigenvalue weighted by molar-refractivity contribution is 6.91. The van der Waals surface area contributed by atoms with Gasteiger partial charge in [-0.15, -0.1) is 0 Å². The van der Waals surface area contributed by atoms with E-state index in [1.807, 2.05) is 0 Å². The number of nitrogens with zero attached hydrogens (tertiary/aromatic N) is 1. The van der Waals surface area contributed by atoms with E-state index in [4.69, 9.17) is 4.74 Å². The minimum atomic E-state index is -4.36. The Kier molecular flexibility index (Phi) is 8.80. The minimum Gasteiger partial charge on any atom is -0.376 e. The van der Waals surface area contributed by atoms with E-state index in [-0.39, 0.29) is 5.54 Å². The topological polar surface area (TPSA) is 28.3 Å². The van der Waals surface area contributed by atoms with Crippen LogP contribution in [0, 0.1) is 5.92 Å². The highest BCUT2D eigenvalue weighted by atomic mass is 28.3. The second-order valence-corrected chi connectivity index (χ2v) is 16.5. The number of hydrogen-bond acceptors (Lipinski definition) is 2. The third-order valence-electron chi connectivity index (χ3n) is 9.49. The van der Waals surface area contributed by atoms with E-state index in [2.05, 4.69) is 75.1 Å². The summed E-state index contributed by atoms with van der Waals surface area (Å²) in [5, 5.41) is 1.85. The molecule has 1 heterocycles. The van der Waals surface area contributed by atoms with Crippen LogP contribution in [0.2, 0.25) is 18.1 Å². The number of nitrogens with one attached hydrogen (secondary N) is 1. The summed E-state index contributed by atoms with van der Waals surface area (Å²) < 4.78 is 47.1. The first-order valence-corrected chi connectivity index (χ1v) is 16.7. The molecule has 1 aliphatic carbocycles. The largest absolute Gasteiger partial charge is 0.416 e. The molecule has 0 amide bonds. The van der Waals surface area contributed by atoms with Crippen molar-refractivity contribution >= 4 is 24.3 Å². The summed E-state index contributed by atoms with van der Waals surface area (Å²) in [5.41, 5.74) is 2.56. The molecule has 4 rings (SSSR count). The number of aromatic amines is 1. The van der Waals surface area contributed by atoms with Gasteiger partial charge in [0.25, 0.3) is 0 Å². The van der Waals surface area contributed by atoms with Crippen molar-refractivity contribution in [1.82, 2.24) is 9.88 Å². The number of hydrogen-bond donors (Lipinski definition) is 1. The van der Waals surface area contributed by atoms with Crippen LogP contribution in [0.4, 0.5) is 13.2 Å². The Hall–Kier alpha value is -2.09. The number of alkyl halides is 3. The number of rotatable bonds is 10. The van der Waals surface area contributed by atoms with E-state index in [0.717, 1.165) is 54.9 Å². The molecule has 0 spiro atoms. The monoisotopic (exact) mass is 544 g/mol. The fourth-order valence-corrected chi connectivity index (χ4v) is 10.5. The lowest BCUT2D eigenvalue weighted by Gasteiger charge is -2.45.